The SMILES string of the molecule is CN1CCN(c2cccc(Cc3cc(NC(=O)Cc4c(Cl)cc(Cl)cc4Cl)ncn3)c2)CC1. The molecule has 1 N–H and O–H groups in total. The minimum Gasteiger partial charge on any atom is -0.369 e. The zero-order valence-corrected chi connectivity index (χ0v) is 20.5. The number of carbonyl (C=O) groups is 1. The van der Waals surface area contributed by atoms with E-state index in [-0.39, 0.29) is 12.3 Å². The Morgan fingerprint density at radius 2 is 1.73 bits per heavy atom. The van der Waals surface area contributed by atoms with Crippen LogP contribution in [0.2, 0.25) is 15.1 Å². The lowest BCUT2D eigenvalue weighted by Crippen LogP contribution is -2.44. The fourth-order valence-electron chi connectivity index (χ4n) is 3.79. The highest BCUT2D eigenvalue weighted by Crippen LogP contribution is 2.29. The summed E-state index contributed by atoms with van der Waals surface area (Å²) >= 11 is 18.3. The molecule has 3 aromatic rings. The molecular formula is C24H24Cl3N5O. The van der Waals surface area contributed by atoms with Gasteiger partial charge in [0.25, 0.3) is 0 Å². The Kier molecular flexibility index (Phi) is 7.71. The molecule has 4 rings (SSSR count). The predicted molar refractivity (Wildman–Crippen MR) is 135 cm³/mol. The summed E-state index contributed by atoms with van der Waals surface area (Å²) < 4.78 is 0. The Morgan fingerprint density at radius 3 is 2.45 bits per heavy atom. The van der Waals surface area contributed by atoms with E-state index in [9.17, 15) is 4.79 Å². The first-order chi connectivity index (χ1) is 15.9. The molecule has 0 saturated carbocycles. The molecule has 1 aromatic heterocycles. The first-order valence-electron chi connectivity index (χ1n) is 10.6. The molecule has 9 heteroatoms. The van der Waals surface area contributed by atoms with Crippen molar-refractivity contribution in [2.24, 2.45) is 0 Å². The van der Waals surface area contributed by atoms with Gasteiger partial charge in [-0.2, -0.15) is 0 Å². The summed E-state index contributed by atoms with van der Waals surface area (Å²) in [5.74, 6) is 0.157. The van der Waals surface area contributed by atoms with Gasteiger partial charge in [0.2, 0.25) is 5.91 Å². The maximum atomic E-state index is 12.6. The van der Waals surface area contributed by atoms with Gasteiger partial charge in [0, 0.05) is 59.4 Å². The fourth-order valence-corrected chi connectivity index (χ4v) is 4.74. The van der Waals surface area contributed by atoms with Gasteiger partial charge in [0.15, 0.2) is 0 Å². The molecule has 1 aliphatic rings. The summed E-state index contributed by atoms with van der Waals surface area (Å²) in [6.45, 7) is 4.16. The van der Waals surface area contributed by atoms with Crippen molar-refractivity contribution in [2.45, 2.75) is 12.8 Å². The Hall–Kier alpha value is -2.38. The van der Waals surface area contributed by atoms with Crippen LogP contribution in [0.4, 0.5) is 11.5 Å². The standard InChI is InChI=1S/C24H24Cl3N5O/c1-31-5-7-32(8-6-31)19-4-2-3-16(10-19)9-18-13-23(29-15-28-18)30-24(33)14-20-21(26)11-17(25)12-22(20)27/h2-4,10-13,15H,5-9,14H2,1H3,(H,28,29,30,33). The summed E-state index contributed by atoms with van der Waals surface area (Å²) in [4.78, 5) is 25.9. The van der Waals surface area contributed by atoms with Gasteiger partial charge in [-0.05, 0) is 42.4 Å². The number of nitrogens with zero attached hydrogens (tertiary/aromatic N) is 4. The molecule has 172 valence electrons. The fraction of sp³-hybridized carbons (Fsp3) is 0.292. The molecule has 1 aliphatic heterocycles. The first kappa shape index (κ1) is 23.8. The molecule has 1 fully saturated rings. The minimum atomic E-state index is -0.275. The van der Waals surface area contributed by atoms with E-state index in [4.69, 9.17) is 34.8 Å². The summed E-state index contributed by atoms with van der Waals surface area (Å²) in [6.07, 6.45) is 2.11. The average Bonchev–Trinajstić information content (AvgIpc) is 2.77. The van der Waals surface area contributed by atoms with Gasteiger partial charge in [0.05, 0.1) is 12.1 Å². The van der Waals surface area contributed by atoms with E-state index in [1.807, 2.05) is 0 Å². The second-order valence-electron chi connectivity index (χ2n) is 8.10. The van der Waals surface area contributed by atoms with Crippen molar-refractivity contribution in [1.29, 1.82) is 0 Å². The number of anilines is 2. The second-order valence-corrected chi connectivity index (χ2v) is 9.36. The third-order valence-electron chi connectivity index (χ3n) is 5.60. The molecule has 0 atom stereocenters. The summed E-state index contributed by atoms with van der Waals surface area (Å²) in [6, 6.07) is 13.4. The van der Waals surface area contributed by atoms with E-state index >= 15 is 0 Å². The lowest BCUT2D eigenvalue weighted by Gasteiger charge is -2.34. The average molecular weight is 505 g/mol. The zero-order valence-electron chi connectivity index (χ0n) is 18.2. The maximum Gasteiger partial charge on any atom is 0.230 e. The lowest BCUT2D eigenvalue weighted by atomic mass is 10.1. The molecule has 0 unspecified atom stereocenters. The van der Waals surface area contributed by atoms with Crippen molar-refractivity contribution in [3.8, 4) is 0 Å². The van der Waals surface area contributed by atoms with Crippen molar-refractivity contribution >= 4 is 52.2 Å². The van der Waals surface area contributed by atoms with Crippen LogP contribution >= 0.6 is 34.8 Å². The van der Waals surface area contributed by atoms with Gasteiger partial charge in [-0.25, -0.2) is 9.97 Å². The molecule has 2 aromatic carbocycles. The number of hydrogen-bond acceptors (Lipinski definition) is 5. The number of likely N-dealkylation sites (N-methyl/N-ethyl adjacent to an activating group) is 1. The lowest BCUT2D eigenvalue weighted by molar-refractivity contribution is -0.115. The molecule has 0 bridgehead atoms. The molecule has 2 heterocycles. The monoisotopic (exact) mass is 503 g/mol. The molecule has 1 amide bonds. The summed E-state index contributed by atoms with van der Waals surface area (Å²) in [5.41, 5.74) is 3.72. The van der Waals surface area contributed by atoms with Crippen LogP contribution in [0.3, 0.4) is 0 Å². The summed E-state index contributed by atoms with van der Waals surface area (Å²) in [5, 5.41) is 3.93. The number of amides is 1. The number of halogens is 3. The Labute approximate surface area is 208 Å². The van der Waals surface area contributed by atoms with Crippen molar-refractivity contribution in [3.63, 3.8) is 0 Å². The third-order valence-corrected chi connectivity index (χ3v) is 6.49. The van der Waals surface area contributed by atoms with E-state index in [1.54, 1.807) is 18.2 Å². The topological polar surface area (TPSA) is 61.4 Å². The van der Waals surface area contributed by atoms with Crippen molar-refractivity contribution in [1.82, 2.24) is 14.9 Å². The number of carbonyl (C=O) groups excluding carboxylic acids is 1. The van der Waals surface area contributed by atoms with Crippen molar-refractivity contribution in [2.75, 3.05) is 43.4 Å². The molecule has 0 aliphatic carbocycles. The molecule has 1 saturated heterocycles. The van der Waals surface area contributed by atoms with Gasteiger partial charge in [-0.3, -0.25) is 4.79 Å². The van der Waals surface area contributed by atoms with Gasteiger partial charge < -0.3 is 15.1 Å². The number of piperazine rings is 1. The van der Waals surface area contributed by atoms with Crippen LogP contribution in [0.15, 0.2) is 48.8 Å². The third kappa shape index (κ3) is 6.36. The van der Waals surface area contributed by atoms with Gasteiger partial charge in [-0.15, -0.1) is 0 Å². The normalized spacial score (nSPS) is 14.4. The number of benzene rings is 2. The quantitative estimate of drug-likeness (QED) is 0.514. The molecular weight excluding hydrogens is 481 g/mol. The Morgan fingerprint density at radius 1 is 1.00 bits per heavy atom. The van der Waals surface area contributed by atoms with Crippen molar-refractivity contribution in [3.05, 3.63) is 80.7 Å². The highest BCUT2D eigenvalue weighted by atomic mass is 35.5. The van der Waals surface area contributed by atoms with Gasteiger partial charge in [-0.1, -0.05) is 46.9 Å². The maximum absolute atomic E-state index is 12.6. The first-order valence-corrected chi connectivity index (χ1v) is 11.8. The largest absolute Gasteiger partial charge is 0.369 e. The van der Waals surface area contributed by atoms with E-state index in [1.165, 1.54) is 12.0 Å². The Balaban J connectivity index is 1.41. The zero-order chi connectivity index (χ0) is 23.4. The number of hydrogen-bond donors (Lipinski definition) is 1. The molecule has 0 spiro atoms. The van der Waals surface area contributed by atoms with Gasteiger partial charge in [0.1, 0.15) is 12.1 Å². The number of rotatable bonds is 6. The van der Waals surface area contributed by atoms with Crippen LogP contribution in [0.1, 0.15) is 16.8 Å². The highest BCUT2D eigenvalue weighted by molar-refractivity contribution is 6.39. The van der Waals surface area contributed by atoms with Gasteiger partial charge >= 0.3 is 0 Å². The molecule has 6 nitrogen and oxygen atoms in total. The van der Waals surface area contributed by atoms with Crippen LogP contribution in [0, 0.1) is 0 Å². The van der Waals surface area contributed by atoms with E-state index in [2.05, 4.69) is 56.4 Å². The number of nitrogens with one attached hydrogen (secondary N) is 1. The molecule has 0 radical (unpaired) electrons. The molecule has 33 heavy (non-hydrogen) atoms. The van der Waals surface area contributed by atoms with Crippen LogP contribution < -0.4 is 10.2 Å². The van der Waals surface area contributed by atoms with E-state index in [0.29, 0.717) is 32.9 Å². The van der Waals surface area contributed by atoms with E-state index < -0.39 is 0 Å². The summed E-state index contributed by atoms with van der Waals surface area (Å²) in [7, 11) is 2.15. The Bertz CT molecular complexity index is 1130. The predicted octanol–water partition coefficient (Wildman–Crippen LogP) is 4.96. The van der Waals surface area contributed by atoms with Crippen molar-refractivity contribution < 1.29 is 4.79 Å². The van der Waals surface area contributed by atoms with E-state index in [0.717, 1.165) is 37.4 Å². The van der Waals surface area contributed by atoms with Crippen LogP contribution in [0.25, 0.3) is 0 Å². The highest BCUT2D eigenvalue weighted by Gasteiger charge is 2.15. The van der Waals surface area contributed by atoms with Crippen LogP contribution in [-0.4, -0.2) is 54.0 Å². The smallest absolute Gasteiger partial charge is 0.230 e. The second kappa shape index (κ2) is 10.7. The number of aromatic nitrogens is 2. The minimum absolute atomic E-state index is 0.0151. The van der Waals surface area contributed by atoms with Crippen LogP contribution in [-0.2, 0) is 17.6 Å². The van der Waals surface area contributed by atoms with Crippen LogP contribution in [0.5, 0.6) is 0 Å².